The lowest BCUT2D eigenvalue weighted by Gasteiger charge is -2.43. The number of amides is 2. The van der Waals surface area contributed by atoms with E-state index >= 15 is 0 Å². The highest BCUT2D eigenvalue weighted by atomic mass is 16.5. The molecule has 2 aromatic carbocycles. The Morgan fingerprint density at radius 3 is 1.37 bits per heavy atom. The number of benzene rings is 2. The first-order valence-corrected chi connectivity index (χ1v) is 10.2. The second kappa shape index (κ2) is 8.61. The third-order valence-electron chi connectivity index (χ3n) is 6.07. The van der Waals surface area contributed by atoms with Gasteiger partial charge in [-0.3, -0.25) is 9.59 Å². The molecule has 156 valence electrons. The average molecular weight is 406 g/mol. The fourth-order valence-electron chi connectivity index (χ4n) is 4.51. The summed E-state index contributed by atoms with van der Waals surface area (Å²) in [7, 11) is 3.20. The third kappa shape index (κ3) is 4.03. The first-order valence-electron chi connectivity index (χ1n) is 10.2. The zero-order valence-corrected chi connectivity index (χ0v) is 17.1. The maximum Gasteiger partial charge on any atom is 0.228 e. The van der Waals surface area contributed by atoms with Gasteiger partial charge in [0.15, 0.2) is 0 Å². The minimum absolute atomic E-state index is 0.0693. The van der Waals surface area contributed by atoms with Crippen LogP contribution in [0, 0.1) is 23.7 Å². The van der Waals surface area contributed by atoms with Crippen LogP contribution in [-0.2, 0) is 9.59 Å². The predicted octanol–water partition coefficient (Wildman–Crippen LogP) is 4.11. The molecule has 2 amide bonds. The van der Waals surface area contributed by atoms with Gasteiger partial charge in [-0.25, -0.2) is 0 Å². The second-order valence-corrected chi connectivity index (χ2v) is 7.78. The maximum absolute atomic E-state index is 13.2. The lowest BCUT2D eigenvalue weighted by atomic mass is 9.61. The predicted molar refractivity (Wildman–Crippen MR) is 116 cm³/mol. The van der Waals surface area contributed by atoms with Gasteiger partial charge in [0.05, 0.1) is 26.1 Å². The molecular weight excluding hydrogens is 380 g/mol. The molecule has 0 aliphatic heterocycles. The average Bonchev–Trinajstić information content (AvgIpc) is 2.80. The number of carbonyl (C=O) groups is 2. The summed E-state index contributed by atoms with van der Waals surface area (Å²) in [4.78, 5) is 26.4. The number of nitrogens with one attached hydrogen (secondary N) is 2. The van der Waals surface area contributed by atoms with Gasteiger partial charge in [-0.1, -0.05) is 12.2 Å². The Morgan fingerprint density at radius 2 is 1.07 bits per heavy atom. The standard InChI is InChI=1S/C24H26N2O4/c1-29-19-11-7-17(8-12-19)25-23(27)21-15-3-5-16(6-4-15)22(21)24(28)26-18-9-13-20(30-2)14-10-18/h3,5,7-16,21-22H,4,6H2,1-2H3,(H,25,27)(H,26,28). The van der Waals surface area contributed by atoms with Gasteiger partial charge in [0, 0.05) is 11.4 Å². The SMILES string of the molecule is COc1ccc(NC(=O)C2C3C=CC(CC3)C2C(=O)Nc2ccc(OC)cc2)cc1. The number of carbonyl (C=O) groups excluding carboxylic acids is 2. The van der Waals surface area contributed by atoms with E-state index in [-0.39, 0.29) is 23.7 Å². The van der Waals surface area contributed by atoms with Crippen LogP contribution in [0.4, 0.5) is 11.4 Å². The summed E-state index contributed by atoms with van der Waals surface area (Å²) in [6.45, 7) is 0. The quantitative estimate of drug-likeness (QED) is 0.708. The Bertz CT molecular complexity index is 859. The fraction of sp³-hybridized carbons (Fsp3) is 0.333. The number of methoxy groups -OCH3 is 2. The van der Waals surface area contributed by atoms with E-state index in [1.54, 1.807) is 62.8 Å². The van der Waals surface area contributed by atoms with Gasteiger partial charge in [-0.15, -0.1) is 0 Å². The zero-order valence-electron chi connectivity index (χ0n) is 17.1. The molecule has 6 heteroatoms. The van der Waals surface area contributed by atoms with Crippen LogP contribution < -0.4 is 20.1 Å². The fourth-order valence-corrected chi connectivity index (χ4v) is 4.51. The first kappa shape index (κ1) is 20.0. The Kier molecular flexibility index (Phi) is 5.74. The van der Waals surface area contributed by atoms with E-state index in [0.29, 0.717) is 11.4 Å². The van der Waals surface area contributed by atoms with Gasteiger partial charge in [0.25, 0.3) is 0 Å². The Balaban J connectivity index is 1.51. The van der Waals surface area contributed by atoms with Crippen LogP contribution in [0.25, 0.3) is 0 Å². The molecule has 6 nitrogen and oxygen atoms in total. The van der Waals surface area contributed by atoms with Crippen LogP contribution in [-0.4, -0.2) is 26.0 Å². The summed E-state index contributed by atoms with van der Waals surface area (Å²) in [5.41, 5.74) is 1.39. The molecule has 2 aromatic rings. The van der Waals surface area contributed by atoms with Crippen LogP contribution in [0.2, 0.25) is 0 Å². The van der Waals surface area contributed by atoms with E-state index in [0.717, 1.165) is 24.3 Å². The van der Waals surface area contributed by atoms with Crippen molar-refractivity contribution in [2.45, 2.75) is 12.8 Å². The van der Waals surface area contributed by atoms with Crippen LogP contribution >= 0.6 is 0 Å². The normalized spacial score (nSPS) is 24.2. The molecule has 2 N–H and O–H groups in total. The summed E-state index contributed by atoms with van der Waals surface area (Å²) in [5, 5.41) is 5.97. The lowest BCUT2D eigenvalue weighted by molar-refractivity contribution is -0.134. The molecule has 1 fully saturated rings. The van der Waals surface area contributed by atoms with Crippen molar-refractivity contribution in [3.8, 4) is 11.5 Å². The van der Waals surface area contributed by atoms with Crippen molar-refractivity contribution in [1.29, 1.82) is 0 Å². The van der Waals surface area contributed by atoms with E-state index in [2.05, 4.69) is 22.8 Å². The van der Waals surface area contributed by atoms with Gasteiger partial charge in [-0.2, -0.15) is 0 Å². The number of ether oxygens (including phenoxy) is 2. The molecule has 0 radical (unpaired) electrons. The van der Waals surface area contributed by atoms with Crippen LogP contribution in [0.3, 0.4) is 0 Å². The molecule has 0 aromatic heterocycles. The maximum atomic E-state index is 13.2. The minimum Gasteiger partial charge on any atom is -0.497 e. The molecule has 0 spiro atoms. The third-order valence-corrected chi connectivity index (χ3v) is 6.07. The van der Waals surface area contributed by atoms with Crippen molar-refractivity contribution in [3.05, 3.63) is 60.7 Å². The molecule has 4 unspecified atom stereocenters. The summed E-state index contributed by atoms with van der Waals surface area (Å²) in [5.74, 6) is 0.569. The van der Waals surface area contributed by atoms with Gasteiger partial charge in [0.1, 0.15) is 11.5 Å². The van der Waals surface area contributed by atoms with E-state index in [9.17, 15) is 9.59 Å². The van der Waals surface area contributed by atoms with Crippen molar-refractivity contribution in [1.82, 2.24) is 0 Å². The van der Waals surface area contributed by atoms with Crippen molar-refractivity contribution in [3.63, 3.8) is 0 Å². The molecular formula is C24H26N2O4. The highest BCUT2D eigenvalue weighted by molar-refractivity contribution is 6.00. The molecule has 0 saturated heterocycles. The largest absolute Gasteiger partial charge is 0.497 e. The number of allylic oxidation sites excluding steroid dienone is 2. The van der Waals surface area contributed by atoms with Crippen molar-refractivity contribution < 1.29 is 19.1 Å². The van der Waals surface area contributed by atoms with Crippen molar-refractivity contribution in [2.24, 2.45) is 23.7 Å². The number of hydrogen-bond acceptors (Lipinski definition) is 4. The highest BCUT2D eigenvalue weighted by Gasteiger charge is 2.48. The topological polar surface area (TPSA) is 76.7 Å². The van der Waals surface area contributed by atoms with Crippen LogP contribution in [0.1, 0.15) is 12.8 Å². The molecule has 2 bridgehead atoms. The number of hydrogen-bond donors (Lipinski definition) is 2. The Hall–Kier alpha value is -3.28. The van der Waals surface area contributed by atoms with E-state index < -0.39 is 11.8 Å². The van der Waals surface area contributed by atoms with E-state index in [4.69, 9.17) is 9.47 Å². The van der Waals surface area contributed by atoms with Gasteiger partial charge < -0.3 is 20.1 Å². The summed E-state index contributed by atoms with van der Waals surface area (Å²) in [6.07, 6.45) is 6.05. The van der Waals surface area contributed by atoms with Crippen molar-refractivity contribution in [2.75, 3.05) is 24.9 Å². The summed E-state index contributed by atoms with van der Waals surface area (Å²) in [6, 6.07) is 14.4. The molecule has 4 atom stereocenters. The van der Waals surface area contributed by atoms with Gasteiger partial charge in [0.2, 0.25) is 11.8 Å². The van der Waals surface area contributed by atoms with E-state index in [1.807, 2.05) is 0 Å². The minimum atomic E-state index is -0.394. The Labute approximate surface area is 176 Å². The summed E-state index contributed by atoms with van der Waals surface area (Å²) < 4.78 is 10.3. The smallest absolute Gasteiger partial charge is 0.228 e. The van der Waals surface area contributed by atoms with Crippen molar-refractivity contribution >= 4 is 23.2 Å². The monoisotopic (exact) mass is 406 g/mol. The summed E-state index contributed by atoms with van der Waals surface area (Å²) >= 11 is 0. The molecule has 5 rings (SSSR count). The Morgan fingerprint density at radius 1 is 0.700 bits per heavy atom. The highest BCUT2D eigenvalue weighted by Crippen LogP contribution is 2.45. The number of rotatable bonds is 6. The molecule has 3 aliphatic rings. The number of anilines is 2. The van der Waals surface area contributed by atoms with Crippen LogP contribution in [0.5, 0.6) is 11.5 Å². The van der Waals surface area contributed by atoms with Gasteiger partial charge >= 0.3 is 0 Å². The lowest BCUT2D eigenvalue weighted by Crippen LogP contribution is -2.48. The number of fused-ring (bicyclic) bond motifs is 2. The first-order chi connectivity index (χ1) is 14.6. The van der Waals surface area contributed by atoms with Crippen LogP contribution in [0.15, 0.2) is 60.7 Å². The molecule has 0 heterocycles. The molecule has 30 heavy (non-hydrogen) atoms. The zero-order chi connectivity index (χ0) is 21.1. The second-order valence-electron chi connectivity index (χ2n) is 7.78. The van der Waals surface area contributed by atoms with E-state index in [1.165, 1.54) is 0 Å². The molecule has 3 aliphatic carbocycles. The molecule has 1 saturated carbocycles. The van der Waals surface area contributed by atoms with Gasteiger partial charge in [-0.05, 0) is 73.2 Å².